The number of nitrogens with two attached hydrogens (primary N) is 1. The van der Waals surface area contributed by atoms with E-state index in [1.165, 1.54) is 0 Å². The molecule has 0 aliphatic carbocycles. The Bertz CT molecular complexity index is 750. The van der Waals surface area contributed by atoms with Crippen molar-refractivity contribution in [3.63, 3.8) is 0 Å². The van der Waals surface area contributed by atoms with Crippen LogP contribution in [-0.4, -0.2) is 36.0 Å². The van der Waals surface area contributed by atoms with Crippen LogP contribution in [0, 0.1) is 0 Å². The van der Waals surface area contributed by atoms with E-state index in [-0.39, 0.29) is 42.8 Å². The molecule has 28 heavy (non-hydrogen) atoms. The number of anilines is 1. The third-order valence-corrected chi connectivity index (χ3v) is 4.81. The Morgan fingerprint density at radius 2 is 1.57 bits per heavy atom. The fraction of sp³-hybridized carbons (Fsp3) is 0.333. The number of amides is 3. The topological polar surface area (TPSA) is 87.5 Å². The molecule has 2 aromatic rings. The van der Waals surface area contributed by atoms with Gasteiger partial charge in [-0.2, -0.15) is 0 Å². The van der Waals surface area contributed by atoms with Gasteiger partial charge in [0.15, 0.2) is 0 Å². The molecule has 7 heteroatoms. The predicted molar refractivity (Wildman–Crippen MR) is 113 cm³/mol. The fourth-order valence-corrected chi connectivity index (χ4v) is 3.26. The molecule has 0 saturated carbocycles. The molecule has 3 rings (SSSR count). The van der Waals surface area contributed by atoms with Gasteiger partial charge in [0, 0.05) is 37.3 Å². The normalized spacial score (nSPS) is 15.2. The number of nitrogens with zero attached hydrogens (tertiary/aromatic N) is 1. The Morgan fingerprint density at radius 3 is 2.18 bits per heavy atom. The van der Waals surface area contributed by atoms with E-state index in [1.54, 1.807) is 4.90 Å². The number of nitrogens with one attached hydrogen (secondary N) is 2. The van der Waals surface area contributed by atoms with Gasteiger partial charge in [0.2, 0.25) is 5.91 Å². The van der Waals surface area contributed by atoms with Gasteiger partial charge in [-0.3, -0.25) is 4.79 Å². The number of carbonyl (C=O) groups excluding carboxylic acids is 2. The SMILES string of the molecule is Cl.NC(CC(=O)NC1CCN(C(=O)Nc2ccccc2)CC1)c1ccccc1. The van der Waals surface area contributed by atoms with Gasteiger partial charge in [-0.25, -0.2) is 4.79 Å². The molecular formula is C21H27ClN4O2. The summed E-state index contributed by atoms with van der Waals surface area (Å²) in [7, 11) is 0. The minimum Gasteiger partial charge on any atom is -0.353 e. The lowest BCUT2D eigenvalue weighted by Gasteiger charge is -2.32. The van der Waals surface area contributed by atoms with Crippen molar-refractivity contribution in [2.75, 3.05) is 18.4 Å². The van der Waals surface area contributed by atoms with Crippen molar-refractivity contribution in [3.05, 3.63) is 66.2 Å². The summed E-state index contributed by atoms with van der Waals surface area (Å²) in [6, 6.07) is 18.7. The molecule has 1 heterocycles. The molecule has 1 atom stereocenters. The van der Waals surface area contributed by atoms with E-state index in [0.29, 0.717) is 13.1 Å². The second kappa shape index (κ2) is 10.7. The summed E-state index contributed by atoms with van der Waals surface area (Å²) in [6.45, 7) is 1.24. The number of carbonyl (C=O) groups is 2. The highest BCUT2D eigenvalue weighted by molar-refractivity contribution is 5.89. The van der Waals surface area contributed by atoms with E-state index >= 15 is 0 Å². The third-order valence-electron chi connectivity index (χ3n) is 4.81. The monoisotopic (exact) mass is 402 g/mol. The largest absolute Gasteiger partial charge is 0.353 e. The van der Waals surface area contributed by atoms with Crippen molar-refractivity contribution in [2.24, 2.45) is 5.73 Å². The number of benzene rings is 2. The van der Waals surface area contributed by atoms with Crippen LogP contribution in [0.1, 0.15) is 30.9 Å². The highest BCUT2D eigenvalue weighted by Gasteiger charge is 2.24. The molecule has 0 aromatic heterocycles. The molecule has 1 fully saturated rings. The standard InChI is InChI=1S/C21H26N4O2.ClH/c22-19(16-7-3-1-4-8-16)15-20(26)23-18-11-13-25(14-12-18)21(27)24-17-9-5-2-6-10-17;/h1-10,18-19H,11-15,22H2,(H,23,26)(H,24,27);1H. The zero-order chi connectivity index (χ0) is 19.1. The van der Waals surface area contributed by atoms with E-state index in [0.717, 1.165) is 24.1 Å². The summed E-state index contributed by atoms with van der Waals surface area (Å²) in [5, 5.41) is 5.95. The van der Waals surface area contributed by atoms with Gasteiger partial charge in [-0.05, 0) is 30.5 Å². The predicted octanol–water partition coefficient (Wildman–Crippen LogP) is 3.31. The maximum Gasteiger partial charge on any atom is 0.321 e. The first-order valence-electron chi connectivity index (χ1n) is 9.32. The molecule has 0 spiro atoms. The van der Waals surface area contributed by atoms with E-state index in [2.05, 4.69) is 10.6 Å². The van der Waals surface area contributed by atoms with E-state index in [9.17, 15) is 9.59 Å². The number of likely N-dealkylation sites (tertiary alicyclic amines) is 1. The van der Waals surface area contributed by atoms with Crippen LogP contribution < -0.4 is 16.4 Å². The Kier molecular flexibility index (Phi) is 8.29. The van der Waals surface area contributed by atoms with Gasteiger partial charge in [0.25, 0.3) is 0 Å². The van der Waals surface area contributed by atoms with Crippen molar-refractivity contribution in [3.8, 4) is 0 Å². The number of halogens is 1. The molecule has 4 N–H and O–H groups in total. The zero-order valence-electron chi connectivity index (χ0n) is 15.7. The number of urea groups is 1. The van der Waals surface area contributed by atoms with E-state index in [1.807, 2.05) is 60.7 Å². The summed E-state index contributed by atoms with van der Waals surface area (Å²) in [4.78, 5) is 26.4. The van der Waals surface area contributed by atoms with E-state index in [4.69, 9.17) is 5.73 Å². The molecule has 150 valence electrons. The van der Waals surface area contributed by atoms with Crippen LogP contribution >= 0.6 is 12.4 Å². The van der Waals surface area contributed by atoms with Crippen molar-refractivity contribution in [1.29, 1.82) is 0 Å². The molecule has 2 aromatic carbocycles. The van der Waals surface area contributed by atoms with Crippen LogP contribution in [0.5, 0.6) is 0 Å². The highest BCUT2D eigenvalue weighted by atomic mass is 35.5. The molecular weight excluding hydrogens is 376 g/mol. The molecule has 1 aliphatic rings. The van der Waals surface area contributed by atoms with Crippen molar-refractivity contribution >= 4 is 30.0 Å². The van der Waals surface area contributed by atoms with Gasteiger partial charge >= 0.3 is 6.03 Å². The molecule has 6 nitrogen and oxygen atoms in total. The maximum atomic E-state index is 12.3. The van der Waals surface area contributed by atoms with Crippen LogP contribution in [0.15, 0.2) is 60.7 Å². The van der Waals surface area contributed by atoms with Crippen LogP contribution in [0.25, 0.3) is 0 Å². The van der Waals surface area contributed by atoms with Gasteiger partial charge in [0.1, 0.15) is 0 Å². The first-order valence-corrected chi connectivity index (χ1v) is 9.32. The average Bonchev–Trinajstić information content (AvgIpc) is 2.70. The van der Waals surface area contributed by atoms with Crippen LogP contribution in [-0.2, 0) is 4.79 Å². The van der Waals surface area contributed by atoms with Crippen LogP contribution in [0.3, 0.4) is 0 Å². The maximum absolute atomic E-state index is 12.3. The van der Waals surface area contributed by atoms with Gasteiger partial charge in [-0.1, -0.05) is 48.5 Å². The second-order valence-electron chi connectivity index (χ2n) is 6.85. The number of hydrogen-bond donors (Lipinski definition) is 3. The molecule has 3 amide bonds. The van der Waals surface area contributed by atoms with Crippen molar-refractivity contribution in [1.82, 2.24) is 10.2 Å². The second-order valence-corrected chi connectivity index (χ2v) is 6.85. The Balaban J connectivity index is 0.00000280. The lowest BCUT2D eigenvalue weighted by Crippen LogP contribution is -2.48. The number of hydrogen-bond acceptors (Lipinski definition) is 3. The Morgan fingerprint density at radius 1 is 1.00 bits per heavy atom. The summed E-state index contributed by atoms with van der Waals surface area (Å²) >= 11 is 0. The summed E-state index contributed by atoms with van der Waals surface area (Å²) in [5.41, 5.74) is 7.86. The first-order chi connectivity index (χ1) is 13.1. The Hall–Kier alpha value is -2.57. The number of piperidine rings is 1. The van der Waals surface area contributed by atoms with Crippen LogP contribution in [0.4, 0.5) is 10.5 Å². The van der Waals surface area contributed by atoms with Crippen molar-refractivity contribution < 1.29 is 9.59 Å². The third kappa shape index (κ3) is 6.25. The summed E-state index contributed by atoms with van der Waals surface area (Å²) in [6.07, 6.45) is 1.75. The summed E-state index contributed by atoms with van der Waals surface area (Å²) < 4.78 is 0. The lowest BCUT2D eigenvalue weighted by molar-refractivity contribution is -0.122. The minimum atomic E-state index is -0.303. The molecule has 1 saturated heterocycles. The zero-order valence-corrected chi connectivity index (χ0v) is 16.5. The first kappa shape index (κ1) is 21.7. The van der Waals surface area contributed by atoms with Crippen molar-refractivity contribution in [2.45, 2.75) is 31.3 Å². The van der Waals surface area contributed by atoms with Crippen LogP contribution in [0.2, 0.25) is 0 Å². The lowest BCUT2D eigenvalue weighted by atomic mass is 10.0. The van der Waals surface area contributed by atoms with Gasteiger partial charge < -0.3 is 21.3 Å². The van der Waals surface area contributed by atoms with Gasteiger partial charge in [-0.15, -0.1) is 12.4 Å². The smallest absolute Gasteiger partial charge is 0.321 e. The summed E-state index contributed by atoms with van der Waals surface area (Å²) in [5.74, 6) is -0.0430. The van der Waals surface area contributed by atoms with Gasteiger partial charge in [0.05, 0.1) is 0 Å². The van der Waals surface area contributed by atoms with E-state index < -0.39 is 0 Å². The highest BCUT2D eigenvalue weighted by Crippen LogP contribution is 2.16. The average molecular weight is 403 g/mol. The molecule has 0 bridgehead atoms. The molecule has 0 radical (unpaired) electrons. The number of para-hydroxylation sites is 1. The fourth-order valence-electron chi connectivity index (χ4n) is 3.26. The molecule has 1 aliphatic heterocycles. The Labute approximate surface area is 171 Å². The minimum absolute atomic E-state index is 0. The molecule has 1 unspecified atom stereocenters. The number of rotatable bonds is 5. The quantitative estimate of drug-likeness (QED) is 0.716.